The van der Waals surface area contributed by atoms with Gasteiger partial charge < -0.3 is 5.32 Å². The van der Waals surface area contributed by atoms with E-state index in [1.165, 1.54) is 24.3 Å². The predicted octanol–water partition coefficient (Wildman–Crippen LogP) is 8.91. The van der Waals surface area contributed by atoms with Crippen LogP contribution in [0.1, 0.15) is 97.0 Å². The second kappa shape index (κ2) is 15.1. The van der Waals surface area contributed by atoms with Gasteiger partial charge in [0.25, 0.3) is 6.43 Å². The molecule has 2 amide bonds. The molecule has 0 aliphatic carbocycles. The van der Waals surface area contributed by atoms with Crippen LogP contribution in [0.4, 0.5) is 27.8 Å². The fraction of sp³-hybridized carbons (Fsp3) is 0.357. The fourth-order valence-electron chi connectivity index (χ4n) is 7.94. The Labute approximate surface area is 315 Å². The first kappa shape index (κ1) is 38.0. The van der Waals surface area contributed by atoms with Gasteiger partial charge in [-0.05, 0) is 113 Å². The number of benzene rings is 3. The number of nitrogens with zero attached hydrogens (tertiary/aromatic N) is 4. The van der Waals surface area contributed by atoms with Crippen LogP contribution in [0.25, 0.3) is 22.0 Å². The standard InChI is InChI=1S/C42H41F5N6O2/c1-22-16-28(42(4)13-10-36(54)50-41(42)55)18-34(44)37(22)25-11-14-53(15-12-25)21-27-17-26(8-9-33(27)43)35-19-31-32(20-48-35)24(3)51-52-40(31)49-23(2)29-6-5-7-30(38(29)45)39(46)47/h5-9,16-20,23,25,39H,10-15,21H2,1-4H3,(H,49,52)(H,50,54,55)/t23-,42-/m1/s1. The molecule has 3 aromatic carbocycles. The van der Waals surface area contributed by atoms with Crippen LogP contribution in [-0.2, 0) is 21.5 Å². The Bertz CT molecular complexity index is 2290. The van der Waals surface area contributed by atoms with E-state index >= 15 is 8.78 Å². The van der Waals surface area contributed by atoms with Crippen LogP contribution >= 0.6 is 0 Å². The summed E-state index contributed by atoms with van der Waals surface area (Å²) in [7, 11) is 0. The van der Waals surface area contributed by atoms with Crippen LogP contribution in [0.5, 0.6) is 0 Å². The van der Waals surface area contributed by atoms with Crippen molar-refractivity contribution in [2.24, 2.45) is 0 Å². The number of aromatic nitrogens is 3. The number of nitrogens with one attached hydrogen (secondary N) is 2. The van der Waals surface area contributed by atoms with Crippen molar-refractivity contribution in [2.75, 3.05) is 18.4 Å². The van der Waals surface area contributed by atoms with E-state index in [9.17, 15) is 22.8 Å². The molecule has 0 radical (unpaired) electrons. The Morgan fingerprint density at radius 3 is 2.40 bits per heavy atom. The Kier molecular flexibility index (Phi) is 10.4. The lowest BCUT2D eigenvalue weighted by Crippen LogP contribution is -2.49. The average Bonchev–Trinajstić information content (AvgIpc) is 3.15. The average molecular weight is 757 g/mol. The Balaban J connectivity index is 1.07. The van der Waals surface area contributed by atoms with Gasteiger partial charge in [0.1, 0.15) is 17.5 Å². The van der Waals surface area contributed by atoms with Crippen molar-refractivity contribution in [3.8, 4) is 11.3 Å². The van der Waals surface area contributed by atoms with Gasteiger partial charge in [-0.1, -0.05) is 24.3 Å². The van der Waals surface area contributed by atoms with Crippen LogP contribution in [0.2, 0.25) is 0 Å². The van der Waals surface area contributed by atoms with Crippen molar-refractivity contribution in [2.45, 2.75) is 83.7 Å². The maximum Gasteiger partial charge on any atom is 0.266 e. The third-order valence-corrected chi connectivity index (χ3v) is 11.3. The minimum Gasteiger partial charge on any atom is -0.361 e. The number of hydrogen-bond donors (Lipinski definition) is 2. The molecule has 0 saturated carbocycles. The third-order valence-electron chi connectivity index (χ3n) is 11.3. The summed E-state index contributed by atoms with van der Waals surface area (Å²) in [6, 6.07) is 13.1. The maximum absolute atomic E-state index is 15.7. The molecule has 7 rings (SSSR count). The monoisotopic (exact) mass is 756 g/mol. The minimum absolute atomic E-state index is 0.0420. The first-order valence-electron chi connectivity index (χ1n) is 18.4. The zero-order chi connectivity index (χ0) is 39.2. The summed E-state index contributed by atoms with van der Waals surface area (Å²) in [6.45, 7) is 8.60. The van der Waals surface area contributed by atoms with E-state index in [-0.39, 0.29) is 35.4 Å². The zero-order valence-corrected chi connectivity index (χ0v) is 31.0. The smallest absolute Gasteiger partial charge is 0.266 e. The van der Waals surface area contributed by atoms with E-state index in [2.05, 4.69) is 30.7 Å². The number of likely N-dealkylation sites (tertiary alicyclic amines) is 1. The number of piperidine rings is 2. The molecule has 2 atom stereocenters. The molecular formula is C42H41F5N6O2. The first-order chi connectivity index (χ1) is 26.2. The van der Waals surface area contributed by atoms with Crippen LogP contribution in [0.15, 0.2) is 60.8 Å². The normalized spacial score (nSPS) is 18.9. The summed E-state index contributed by atoms with van der Waals surface area (Å²) >= 11 is 0. The summed E-state index contributed by atoms with van der Waals surface area (Å²) in [4.78, 5) is 31.2. The molecular weight excluding hydrogens is 715 g/mol. The van der Waals surface area contributed by atoms with E-state index in [0.717, 1.165) is 11.6 Å². The van der Waals surface area contributed by atoms with Gasteiger partial charge in [0.2, 0.25) is 11.8 Å². The number of carbonyl (C=O) groups excluding carboxylic acids is 2. The number of halogens is 5. The second-order valence-corrected chi connectivity index (χ2v) is 14.9. The molecule has 2 N–H and O–H groups in total. The van der Waals surface area contributed by atoms with Gasteiger partial charge in [-0.2, -0.15) is 5.10 Å². The number of amides is 2. The van der Waals surface area contributed by atoms with Crippen molar-refractivity contribution in [1.82, 2.24) is 25.4 Å². The lowest BCUT2D eigenvalue weighted by atomic mass is 9.74. The van der Waals surface area contributed by atoms with Crippen LogP contribution in [-0.4, -0.2) is 45.0 Å². The number of imide groups is 1. The summed E-state index contributed by atoms with van der Waals surface area (Å²) < 4.78 is 72.8. The van der Waals surface area contributed by atoms with E-state index in [0.29, 0.717) is 89.1 Å². The van der Waals surface area contributed by atoms with Crippen molar-refractivity contribution in [1.29, 1.82) is 0 Å². The maximum atomic E-state index is 15.7. The van der Waals surface area contributed by atoms with E-state index in [1.807, 2.05) is 13.0 Å². The number of rotatable bonds is 9. The second-order valence-electron chi connectivity index (χ2n) is 14.9. The number of hydrogen-bond acceptors (Lipinski definition) is 7. The number of fused-ring (bicyclic) bond motifs is 1. The summed E-state index contributed by atoms with van der Waals surface area (Å²) in [5, 5.41) is 15.3. The highest BCUT2D eigenvalue weighted by molar-refractivity contribution is 6.03. The third kappa shape index (κ3) is 7.41. The molecule has 0 spiro atoms. The molecule has 0 unspecified atom stereocenters. The van der Waals surface area contributed by atoms with Gasteiger partial charge in [0, 0.05) is 46.6 Å². The number of aryl methyl sites for hydroxylation is 2. The number of alkyl halides is 2. The number of pyridine rings is 1. The quantitative estimate of drug-likeness (QED) is 0.115. The number of anilines is 1. The van der Waals surface area contributed by atoms with Gasteiger partial charge in [-0.3, -0.25) is 24.8 Å². The molecule has 55 heavy (non-hydrogen) atoms. The van der Waals surface area contributed by atoms with Gasteiger partial charge in [-0.25, -0.2) is 22.0 Å². The molecule has 8 nitrogen and oxygen atoms in total. The molecule has 286 valence electrons. The topological polar surface area (TPSA) is 100 Å². The molecule has 2 saturated heterocycles. The molecule has 5 aromatic rings. The molecule has 2 aromatic heterocycles. The lowest BCUT2D eigenvalue weighted by Gasteiger charge is -2.35. The predicted molar refractivity (Wildman–Crippen MR) is 199 cm³/mol. The highest BCUT2D eigenvalue weighted by atomic mass is 19.3. The summed E-state index contributed by atoms with van der Waals surface area (Å²) in [6.07, 6.45) is 0.550. The summed E-state index contributed by atoms with van der Waals surface area (Å²) in [5.41, 5.74) is 2.65. The van der Waals surface area contributed by atoms with Crippen LogP contribution < -0.4 is 10.6 Å². The molecule has 2 aliphatic heterocycles. The van der Waals surface area contributed by atoms with Crippen LogP contribution in [0, 0.1) is 31.3 Å². The van der Waals surface area contributed by atoms with Gasteiger partial charge >= 0.3 is 0 Å². The first-order valence-corrected chi connectivity index (χ1v) is 18.4. The van der Waals surface area contributed by atoms with E-state index in [4.69, 9.17) is 0 Å². The Morgan fingerprint density at radius 1 is 0.945 bits per heavy atom. The molecule has 2 aliphatic rings. The lowest BCUT2D eigenvalue weighted by molar-refractivity contribution is -0.137. The highest BCUT2D eigenvalue weighted by Gasteiger charge is 2.41. The van der Waals surface area contributed by atoms with Crippen molar-refractivity contribution in [3.63, 3.8) is 0 Å². The van der Waals surface area contributed by atoms with Crippen molar-refractivity contribution >= 4 is 28.4 Å². The molecule has 4 heterocycles. The Morgan fingerprint density at radius 2 is 1.69 bits per heavy atom. The molecule has 0 bridgehead atoms. The highest BCUT2D eigenvalue weighted by Crippen LogP contribution is 2.39. The summed E-state index contributed by atoms with van der Waals surface area (Å²) in [5.74, 6) is -2.17. The molecule has 2 fully saturated rings. The molecule has 13 heteroatoms. The fourth-order valence-corrected chi connectivity index (χ4v) is 7.94. The van der Waals surface area contributed by atoms with E-state index in [1.54, 1.807) is 45.2 Å². The van der Waals surface area contributed by atoms with Crippen LogP contribution in [0.3, 0.4) is 0 Å². The van der Waals surface area contributed by atoms with Gasteiger partial charge in [0.05, 0.1) is 28.4 Å². The van der Waals surface area contributed by atoms with Crippen molar-refractivity contribution < 1.29 is 31.5 Å². The van der Waals surface area contributed by atoms with Crippen molar-refractivity contribution in [3.05, 3.63) is 117 Å². The van der Waals surface area contributed by atoms with Gasteiger partial charge in [0.15, 0.2) is 5.82 Å². The number of carbonyl (C=O) groups is 2. The minimum atomic E-state index is -2.95. The van der Waals surface area contributed by atoms with Gasteiger partial charge in [-0.15, -0.1) is 5.10 Å². The SMILES string of the molecule is Cc1cc([C@@]2(C)CCC(=O)NC2=O)cc(F)c1C1CCN(Cc2cc(-c3cc4c(N[C@H](C)c5cccc(C(F)F)c5F)nnc(C)c4cn3)ccc2F)CC1. The zero-order valence-electron chi connectivity index (χ0n) is 31.0. The largest absolute Gasteiger partial charge is 0.361 e. The Hall–Kier alpha value is -5.30. The van der Waals surface area contributed by atoms with E-state index < -0.39 is 35.2 Å².